The molecule has 0 aromatic heterocycles. The molecule has 1 N–H and O–H groups in total. The Bertz CT molecular complexity index is 334. The molecule has 0 aliphatic carbocycles. The van der Waals surface area contributed by atoms with Crippen LogP contribution in [-0.2, 0) is 6.42 Å². The lowest BCUT2D eigenvalue weighted by molar-refractivity contribution is 0.405. The van der Waals surface area contributed by atoms with Crippen molar-refractivity contribution in [3.63, 3.8) is 0 Å². The molecule has 1 saturated heterocycles. The van der Waals surface area contributed by atoms with Gasteiger partial charge in [0.15, 0.2) is 0 Å². The molecule has 1 unspecified atom stereocenters. The molecule has 1 atom stereocenters. The first kappa shape index (κ1) is 11.0. The number of benzene rings is 1. The third kappa shape index (κ3) is 2.52. The number of hydrogen-bond donors (Lipinski definition) is 1. The molecular weight excluding hydrogens is 254 g/mol. The fourth-order valence-corrected chi connectivity index (χ4v) is 2.62. The lowest BCUT2D eigenvalue weighted by Crippen LogP contribution is -2.11. The minimum Gasteiger partial charge on any atom is -0.496 e. The minimum absolute atomic E-state index is 0.748. The maximum Gasteiger partial charge on any atom is 0.123 e. The highest BCUT2D eigenvalue weighted by Gasteiger charge is 2.18. The fourth-order valence-electron chi connectivity index (χ4n) is 2.11. The van der Waals surface area contributed by atoms with Gasteiger partial charge in [-0.1, -0.05) is 22.0 Å². The molecule has 0 radical (unpaired) electrons. The van der Waals surface area contributed by atoms with Crippen molar-refractivity contribution in [2.24, 2.45) is 5.92 Å². The topological polar surface area (TPSA) is 21.3 Å². The monoisotopic (exact) mass is 269 g/mol. The number of nitrogens with one attached hydrogen (secondary N) is 1. The van der Waals surface area contributed by atoms with Gasteiger partial charge in [-0.25, -0.2) is 0 Å². The summed E-state index contributed by atoms with van der Waals surface area (Å²) < 4.78 is 6.55. The Balaban J connectivity index is 2.17. The Morgan fingerprint density at radius 1 is 1.53 bits per heavy atom. The zero-order chi connectivity index (χ0) is 10.7. The molecule has 1 heterocycles. The average molecular weight is 270 g/mol. The lowest BCUT2D eigenvalue weighted by Gasteiger charge is -2.13. The van der Waals surface area contributed by atoms with Crippen molar-refractivity contribution >= 4 is 15.9 Å². The summed E-state index contributed by atoms with van der Waals surface area (Å²) in [5.41, 5.74) is 1.30. The highest BCUT2D eigenvalue weighted by molar-refractivity contribution is 9.10. The van der Waals surface area contributed by atoms with Crippen LogP contribution < -0.4 is 10.1 Å². The van der Waals surface area contributed by atoms with E-state index in [1.165, 1.54) is 12.0 Å². The lowest BCUT2D eigenvalue weighted by atomic mass is 9.98. The predicted octanol–water partition coefficient (Wildman–Crippen LogP) is 2.61. The standard InChI is InChI=1S/C12H16BrNO/c1-15-12-4-2-3-11(13)10(12)7-9-5-6-14-8-9/h2-4,9,14H,5-8H2,1H3. The number of rotatable bonds is 3. The largest absolute Gasteiger partial charge is 0.496 e. The van der Waals surface area contributed by atoms with E-state index in [1.54, 1.807) is 7.11 Å². The molecule has 1 aliphatic heterocycles. The normalized spacial score (nSPS) is 20.5. The molecule has 1 aromatic rings. The van der Waals surface area contributed by atoms with E-state index in [-0.39, 0.29) is 0 Å². The Labute approximate surface area is 99.1 Å². The minimum atomic E-state index is 0.748. The van der Waals surface area contributed by atoms with Gasteiger partial charge < -0.3 is 10.1 Å². The van der Waals surface area contributed by atoms with Crippen LogP contribution in [0.2, 0.25) is 0 Å². The maximum atomic E-state index is 5.39. The summed E-state index contributed by atoms with van der Waals surface area (Å²) in [4.78, 5) is 0. The van der Waals surface area contributed by atoms with Crippen LogP contribution in [0.15, 0.2) is 22.7 Å². The van der Waals surface area contributed by atoms with E-state index < -0.39 is 0 Å². The third-order valence-corrected chi connectivity index (χ3v) is 3.69. The Hall–Kier alpha value is -0.540. The van der Waals surface area contributed by atoms with E-state index in [2.05, 4.69) is 27.3 Å². The SMILES string of the molecule is COc1cccc(Br)c1CC1CCNC1. The van der Waals surface area contributed by atoms with E-state index in [4.69, 9.17) is 4.74 Å². The van der Waals surface area contributed by atoms with E-state index in [9.17, 15) is 0 Å². The Morgan fingerprint density at radius 3 is 3.07 bits per heavy atom. The zero-order valence-electron chi connectivity index (χ0n) is 8.92. The molecule has 0 amide bonds. The van der Waals surface area contributed by atoms with Crippen molar-refractivity contribution in [1.82, 2.24) is 5.32 Å². The highest BCUT2D eigenvalue weighted by Crippen LogP contribution is 2.30. The van der Waals surface area contributed by atoms with Gasteiger partial charge in [-0.15, -0.1) is 0 Å². The number of hydrogen-bond acceptors (Lipinski definition) is 2. The number of methoxy groups -OCH3 is 1. The van der Waals surface area contributed by atoms with Crippen LogP contribution in [0.1, 0.15) is 12.0 Å². The summed E-state index contributed by atoms with van der Waals surface area (Å²) in [5, 5.41) is 3.39. The van der Waals surface area contributed by atoms with Crippen molar-refractivity contribution in [3.05, 3.63) is 28.2 Å². The van der Waals surface area contributed by atoms with Gasteiger partial charge in [-0.05, 0) is 44.0 Å². The molecule has 1 aliphatic rings. The Kier molecular flexibility index (Phi) is 3.65. The van der Waals surface area contributed by atoms with Crippen LogP contribution in [0.5, 0.6) is 5.75 Å². The maximum absolute atomic E-state index is 5.39. The summed E-state index contributed by atoms with van der Waals surface area (Å²) in [5.74, 6) is 1.74. The molecule has 2 rings (SSSR count). The van der Waals surface area contributed by atoms with E-state index in [1.807, 2.05) is 12.1 Å². The summed E-state index contributed by atoms with van der Waals surface area (Å²) >= 11 is 3.59. The zero-order valence-corrected chi connectivity index (χ0v) is 10.5. The number of ether oxygens (including phenoxy) is 1. The summed E-state index contributed by atoms with van der Waals surface area (Å²) in [6, 6.07) is 6.13. The number of halogens is 1. The van der Waals surface area contributed by atoms with Gasteiger partial charge in [0.05, 0.1) is 7.11 Å². The smallest absolute Gasteiger partial charge is 0.123 e. The first-order valence-electron chi connectivity index (χ1n) is 5.33. The van der Waals surface area contributed by atoms with Gasteiger partial charge in [0.1, 0.15) is 5.75 Å². The van der Waals surface area contributed by atoms with Crippen LogP contribution in [0.3, 0.4) is 0 Å². The van der Waals surface area contributed by atoms with Crippen molar-refractivity contribution < 1.29 is 4.74 Å². The second kappa shape index (κ2) is 4.99. The van der Waals surface area contributed by atoms with Crippen molar-refractivity contribution in [1.29, 1.82) is 0 Å². The summed E-state index contributed by atoms with van der Waals surface area (Å²) in [6.45, 7) is 2.28. The molecule has 0 saturated carbocycles. The van der Waals surface area contributed by atoms with Gasteiger partial charge in [0.25, 0.3) is 0 Å². The van der Waals surface area contributed by atoms with Crippen LogP contribution in [0.4, 0.5) is 0 Å². The highest BCUT2D eigenvalue weighted by atomic mass is 79.9. The van der Waals surface area contributed by atoms with Gasteiger partial charge in [-0.2, -0.15) is 0 Å². The molecule has 1 fully saturated rings. The van der Waals surface area contributed by atoms with E-state index in [0.29, 0.717) is 0 Å². The van der Waals surface area contributed by atoms with Crippen LogP contribution in [-0.4, -0.2) is 20.2 Å². The molecule has 15 heavy (non-hydrogen) atoms. The second-order valence-corrected chi connectivity index (χ2v) is 4.84. The van der Waals surface area contributed by atoms with E-state index in [0.717, 1.165) is 35.7 Å². The van der Waals surface area contributed by atoms with Gasteiger partial charge in [0, 0.05) is 10.0 Å². The fraction of sp³-hybridized carbons (Fsp3) is 0.500. The summed E-state index contributed by atoms with van der Waals surface area (Å²) in [6.07, 6.45) is 2.36. The third-order valence-electron chi connectivity index (χ3n) is 2.95. The quantitative estimate of drug-likeness (QED) is 0.911. The van der Waals surface area contributed by atoms with Crippen molar-refractivity contribution in [2.75, 3.05) is 20.2 Å². The van der Waals surface area contributed by atoms with Gasteiger partial charge in [0.2, 0.25) is 0 Å². The molecule has 1 aromatic carbocycles. The molecule has 0 spiro atoms. The first-order chi connectivity index (χ1) is 7.31. The summed E-state index contributed by atoms with van der Waals surface area (Å²) in [7, 11) is 1.73. The van der Waals surface area contributed by atoms with Crippen molar-refractivity contribution in [2.45, 2.75) is 12.8 Å². The average Bonchev–Trinajstić information content (AvgIpc) is 2.74. The molecule has 82 valence electrons. The predicted molar refractivity (Wildman–Crippen MR) is 65.4 cm³/mol. The van der Waals surface area contributed by atoms with Crippen LogP contribution in [0.25, 0.3) is 0 Å². The Morgan fingerprint density at radius 2 is 2.40 bits per heavy atom. The van der Waals surface area contributed by atoms with Crippen LogP contribution in [0, 0.1) is 5.92 Å². The molecular formula is C12H16BrNO. The van der Waals surface area contributed by atoms with E-state index >= 15 is 0 Å². The van der Waals surface area contributed by atoms with Gasteiger partial charge >= 0.3 is 0 Å². The molecule has 3 heteroatoms. The van der Waals surface area contributed by atoms with Gasteiger partial charge in [-0.3, -0.25) is 0 Å². The molecule has 0 bridgehead atoms. The first-order valence-corrected chi connectivity index (χ1v) is 6.12. The van der Waals surface area contributed by atoms with Crippen LogP contribution >= 0.6 is 15.9 Å². The van der Waals surface area contributed by atoms with Crippen molar-refractivity contribution in [3.8, 4) is 5.75 Å². The second-order valence-electron chi connectivity index (χ2n) is 3.98. The molecule has 2 nitrogen and oxygen atoms in total.